The first-order valence-corrected chi connectivity index (χ1v) is 14.0. The molecule has 1 aliphatic rings. The van der Waals surface area contributed by atoms with Crippen molar-refractivity contribution in [2.45, 2.75) is 25.2 Å². The molecule has 3 aromatic carbocycles. The summed E-state index contributed by atoms with van der Waals surface area (Å²) in [5, 5.41) is 9.02. The molecule has 1 amide bonds. The molecular formula is C30H23F6NO5S2. The minimum atomic E-state index is -4.98. The van der Waals surface area contributed by atoms with E-state index in [-0.39, 0.29) is 46.0 Å². The molecule has 44 heavy (non-hydrogen) atoms. The van der Waals surface area contributed by atoms with E-state index in [1.54, 1.807) is 24.3 Å². The van der Waals surface area contributed by atoms with Crippen molar-refractivity contribution in [3.8, 4) is 22.6 Å². The number of methoxy groups -OCH3 is 1. The van der Waals surface area contributed by atoms with Crippen LogP contribution in [0.3, 0.4) is 0 Å². The topological polar surface area (TPSA) is 76.1 Å². The second kappa shape index (κ2) is 13.3. The molecule has 3 aromatic rings. The number of halogens is 6. The summed E-state index contributed by atoms with van der Waals surface area (Å²) in [4.78, 5) is 25.7. The third kappa shape index (κ3) is 8.11. The number of thioether (sulfide) groups is 1. The van der Waals surface area contributed by atoms with Crippen molar-refractivity contribution in [3.05, 3.63) is 87.8 Å². The van der Waals surface area contributed by atoms with Crippen molar-refractivity contribution in [1.29, 1.82) is 0 Å². The monoisotopic (exact) mass is 655 g/mol. The third-order valence-corrected chi connectivity index (χ3v) is 7.72. The molecule has 0 aromatic heterocycles. The molecule has 6 nitrogen and oxygen atoms in total. The number of ether oxygens (including phenoxy) is 2. The van der Waals surface area contributed by atoms with Crippen LogP contribution in [0, 0.1) is 0 Å². The first-order chi connectivity index (χ1) is 20.7. The van der Waals surface area contributed by atoms with E-state index in [1.807, 2.05) is 0 Å². The summed E-state index contributed by atoms with van der Waals surface area (Å²) in [5.41, 5.74) is -2.13. The molecule has 232 valence electrons. The molecule has 0 saturated carbocycles. The number of nitrogens with zero attached hydrogens (tertiary/aromatic N) is 1. The lowest BCUT2D eigenvalue weighted by atomic mass is 9.97. The van der Waals surface area contributed by atoms with Crippen molar-refractivity contribution >= 4 is 46.3 Å². The normalized spacial score (nSPS) is 14.8. The Morgan fingerprint density at radius 2 is 1.64 bits per heavy atom. The van der Waals surface area contributed by atoms with Gasteiger partial charge in [-0.3, -0.25) is 14.5 Å². The standard InChI is InChI=1S/C30H23F6NO5S2/c1-41-23-7-6-18(13-26(38)39)11-24(23)42-9-3-8-37-27(40)25(44-28(37)43)12-17-4-2-5-19(10-17)20-14-21(29(31,32)33)16-22(15-20)30(34,35)36/h2,4-7,10-12,14-16H,3,8-9,13H2,1H3,(H,38,39)/b25-12-. The number of amides is 1. The van der Waals surface area contributed by atoms with Gasteiger partial charge in [0.2, 0.25) is 0 Å². The van der Waals surface area contributed by atoms with Gasteiger partial charge in [0, 0.05) is 6.54 Å². The highest BCUT2D eigenvalue weighted by Crippen LogP contribution is 2.39. The molecule has 1 N–H and O–H groups in total. The van der Waals surface area contributed by atoms with E-state index in [0.29, 0.717) is 41.2 Å². The van der Waals surface area contributed by atoms with Crippen LogP contribution in [0.1, 0.15) is 28.7 Å². The number of carbonyl (C=O) groups is 2. The van der Waals surface area contributed by atoms with Crippen molar-refractivity contribution < 1.29 is 50.5 Å². The highest BCUT2D eigenvalue weighted by atomic mass is 32.2. The van der Waals surface area contributed by atoms with E-state index in [2.05, 4.69) is 0 Å². The van der Waals surface area contributed by atoms with Gasteiger partial charge in [-0.2, -0.15) is 26.3 Å². The summed E-state index contributed by atoms with van der Waals surface area (Å²) in [7, 11) is 1.45. The van der Waals surface area contributed by atoms with Crippen LogP contribution in [0.25, 0.3) is 17.2 Å². The van der Waals surface area contributed by atoms with Crippen LogP contribution in [0.5, 0.6) is 11.5 Å². The van der Waals surface area contributed by atoms with Crippen LogP contribution in [0.2, 0.25) is 0 Å². The van der Waals surface area contributed by atoms with Crippen molar-refractivity contribution in [2.24, 2.45) is 0 Å². The number of thiocarbonyl (C=S) groups is 1. The Hall–Kier alpha value is -4.04. The lowest BCUT2D eigenvalue weighted by Gasteiger charge is -2.16. The van der Waals surface area contributed by atoms with E-state index >= 15 is 0 Å². The molecule has 1 saturated heterocycles. The van der Waals surface area contributed by atoms with Gasteiger partial charge in [-0.15, -0.1) is 0 Å². The fourth-order valence-electron chi connectivity index (χ4n) is 4.30. The van der Waals surface area contributed by atoms with Gasteiger partial charge < -0.3 is 14.6 Å². The molecule has 0 aliphatic carbocycles. The summed E-state index contributed by atoms with van der Waals surface area (Å²) >= 11 is 6.36. The molecule has 1 aliphatic heterocycles. The van der Waals surface area contributed by atoms with Crippen LogP contribution < -0.4 is 9.47 Å². The maximum Gasteiger partial charge on any atom is 0.416 e. The second-order valence-electron chi connectivity index (χ2n) is 9.51. The Bertz CT molecular complexity index is 1590. The number of carboxylic acids is 1. The number of carboxylic acid groups (broad SMARTS) is 1. The Labute approximate surface area is 257 Å². The Balaban J connectivity index is 1.46. The number of benzene rings is 3. The van der Waals surface area contributed by atoms with Crippen LogP contribution >= 0.6 is 24.0 Å². The second-order valence-corrected chi connectivity index (χ2v) is 11.2. The van der Waals surface area contributed by atoms with E-state index in [4.69, 9.17) is 26.8 Å². The zero-order chi connectivity index (χ0) is 32.2. The summed E-state index contributed by atoms with van der Waals surface area (Å²) in [6, 6.07) is 11.9. The molecule has 0 unspecified atom stereocenters. The number of aliphatic carboxylic acids is 1. The van der Waals surface area contributed by atoms with Gasteiger partial charge in [-0.05, 0) is 71.1 Å². The maximum absolute atomic E-state index is 13.3. The number of hydrogen-bond acceptors (Lipinski definition) is 6. The minimum Gasteiger partial charge on any atom is -0.493 e. The maximum atomic E-state index is 13.3. The van der Waals surface area contributed by atoms with Crippen LogP contribution in [-0.2, 0) is 28.4 Å². The third-order valence-electron chi connectivity index (χ3n) is 6.35. The van der Waals surface area contributed by atoms with Crippen molar-refractivity contribution in [3.63, 3.8) is 0 Å². The summed E-state index contributed by atoms with van der Waals surface area (Å²) < 4.78 is 91.3. The molecule has 0 spiro atoms. The Kier molecular flexibility index (Phi) is 9.94. The number of alkyl halides is 6. The quantitative estimate of drug-likeness (QED) is 0.104. The summed E-state index contributed by atoms with van der Waals surface area (Å²) in [6.45, 7) is 0.353. The van der Waals surface area contributed by atoms with Gasteiger partial charge in [0.25, 0.3) is 5.91 Å². The predicted octanol–water partition coefficient (Wildman–Crippen LogP) is 7.70. The highest BCUT2D eigenvalue weighted by molar-refractivity contribution is 8.26. The van der Waals surface area contributed by atoms with Crippen LogP contribution in [0.4, 0.5) is 26.3 Å². The molecular weight excluding hydrogens is 632 g/mol. The molecule has 0 radical (unpaired) electrons. The highest BCUT2D eigenvalue weighted by Gasteiger charge is 2.37. The van der Waals surface area contributed by atoms with Crippen molar-refractivity contribution in [1.82, 2.24) is 4.90 Å². The van der Waals surface area contributed by atoms with Gasteiger partial charge >= 0.3 is 18.3 Å². The predicted molar refractivity (Wildman–Crippen MR) is 156 cm³/mol. The van der Waals surface area contributed by atoms with Gasteiger partial charge in [-0.25, -0.2) is 0 Å². The molecule has 0 bridgehead atoms. The minimum absolute atomic E-state index is 0.0663. The lowest BCUT2D eigenvalue weighted by Crippen LogP contribution is -2.29. The van der Waals surface area contributed by atoms with Gasteiger partial charge in [0.15, 0.2) is 11.5 Å². The van der Waals surface area contributed by atoms with Crippen LogP contribution in [0.15, 0.2) is 65.6 Å². The average molecular weight is 656 g/mol. The largest absolute Gasteiger partial charge is 0.493 e. The summed E-state index contributed by atoms with van der Waals surface area (Å²) in [6.07, 6.45) is -8.33. The molecule has 0 atom stereocenters. The Morgan fingerprint density at radius 3 is 2.25 bits per heavy atom. The Morgan fingerprint density at radius 1 is 0.955 bits per heavy atom. The van der Waals surface area contributed by atoms with Gasteiger partial charge in [0.1, 0.15) is 4.32 Å². The van der Waals surface area contributed by atoms with Gasteiger partial charge in [-0.1, -0.05) is 48.2 Å². The van der Waals surface area contributed by atoms with E-state index in [9.17, 15) is 35.9 Å². The fourth-order valence-corrected chi connectivity index (χ4v) is 5.61. The summed E-state index contributed by atoms with van der Waals surface area (Å²) in [5.74, 6) is -0.652. The van der Waals surface area contributed by atoms with Gasteiger partial charge in [0.05, 0.1) is 36.2 Å². The zero-order valence-electron chi connectivity index (χ0n) is 22.8. The molecule has 14 heteroatoms. The average Bonchev–Trinajstić information content (AvgIpc) is 3.21. The molecule has 4 rings (SSSR count). The molecule has 1 fully saturated rings. The SMILES string of the molecule is COc1ccc(CC(=O)O)cc1OCCCN1C(=O)/C(=C/c2cccc(-c3cc(C(F)(F)F)cc(C(F)(F)F)c3)c2)SC1=S. The number of rotatable bonds is 10. The number of hydrogen-bond donors (Lipinski definition) is 1. The zero-order valence-corrected chi connectivity index (χ0v) is 24.4. The molecule has 1 heterocycles. The smallest absolute Gasteiger partial charge is 0.416 e. The fraction of sp³-hybridized carbons (Fsp3) is 0.233. The van der Waals surface area contributed by atoms with Crippen LogP contribution in [-0.4, -0.2) is 46.5 Å². The van der Waals surface area contributed by atoms with E-state index in [0.717, 1.165) is 11.8 Å². The first-order valence-electron chi connectivity index (χ1n) is 12.8. The number of carbonyl (C=O) groups excluding carboxylic acids is 1. The lowest BCUT2D eigenvalue weighted by molar-refractivity contribution is -0.143. The van der Waals surface area contributed by atoms with Crippen molar-refractivity contribution in [2.75, 3.05) is 20.3 Å². The van der Waals surface area contributed by atoms with E-state index in [1.165, 1.54) is 36.3 Å². The van der Waals surface area contributed by atoms with E-state index < -0.39 is 35.4 Å². The first kappa shape index (κ1) is 32.9.